The Bertz CT molecular complexity index is 1020. The number of nitrogens with one attached hydrogen (secondary N) is 1. The van der Waals surface area contributed by atoms with Crippen molar-refractivity contribution in [1.29, 1.82) is 0 Å². The van der Waals surface area contributed by atoms with Crippen molar-refractivity contribution in [2.75, 3.05) is 32.7 Å². The lowest BCUT2D eigenvalue weighted by Gasteiger charge is -2.30. The summed E-state index contributed by atoms with van der Waals surface area (Å²) in [4.78, 5) is 14.7. The number of hydrogen-bond acceptors (Lipinski definition) is 4. The molecule has 0 radical (unpaired) electrons. The number of nitrogens with zero attached hydrogens (tertiary/aromatic N) is 2. The molecule has 0 unspecified atom stereocenters. The summed E-state index contributed by atoms with van der Waals surface area (Å²) in [6.45, 7) is 7.76. The average Bonchev–Trinajstić information content (AvgIpc) is 2.72. The number of hydrogen-bond donors (Lipinski definition) is 1. The molecule has 1 saturated heterocycles. The molecule has 0 saturated carbocycles. The van der Waals surface area contributed by atoms with Gasteiger partial charge in [-0.25, -0.2) is 12.8 Å². The van der Waals surface area contributed by atoms with Crippen LogP contribution in [0.5, 0.6) is 0 Å². The molecule has 1 N–H and O–H groups in total. The lowest BCUT2D eigenvalue weighted by atomic mass is 10.1. The molecule has 30 heavy (non-hydrogen) atoms. The van der Waals surface area contributed by atoms with Gasteiger partial charge >= 0.3 is 0 Å². The highest BCUT2D eigenvalue weighted by Crippen LogP contribution is 2.25. The molecule has 6 nitrogen and oxygen atoms in total. The predicted octanol–water partition coefficient (Wildman–Crippen LogP) is 2.37. The van der Waals surface area contributed by atoms with Crippen LogP contribution >= 0.6 is 0 Å². The largest absolute Gasteiger partial charge is 0.339 e. The zero-order chi connectivity index (χ0) is 21.9. The smallest absolute Gasteiger partial charge is 0.244 e. The molecule has 0 atom stereocenters. The van der Waals surface area contributed by atoms with Crippen molar-refractivity contribution in [2.45, 2.75) is 32.2 Å². The highest BCUT2D eigenvalue weighted by Gasteiger charge is 2.30. The van der Waals surface area contributed by atoms with Crippen molar-refractivity contribution in [3.8, 4) is 0 Å². The highest BCUT2D eigenvalue weighted by atomic mass is 32.2. The van der Waals surface area contributed by atoms with Crippen molar-refractivity contribution in [2.24, 2.45) is 0 Å². The van der Waals surface area contributed by atoms with Gasteiger partial charge in [-0.3, -0.25) is 4.79 Å². The number of benzene rings is 2. The lowest BCUT2D eigenvalue weighted by Crippen LogP contribution is -2.50. The van der Waals surface area contributed by atoms with E-state index in [9.17, 15) is 17.6 Å². The van der Waals surface area contributed by atoms with Gasteiger partial charge in [-0.2, -0.15) is 4.31 Å². The van der Waals surface area contributed by atoms with Gasteiger partial charge in [-0.05, 0) is 61.2 Å². The fourth-order valence-corrected chi connectivity index (χ4v) is 5.20. The molecule has 162 valence electrons. The summed E-state index contributed by atoms with van der Waals surface area (Å²) in [7, 11) is -3.94. The summed E-state index contributed by atoms with van der Waals surface area (Å²) in [5, 5.41) is 3.18. The summed E-state index contributed by atoms with van der Waals surface area (Å²) in [5.41, 5.74) is 3.13. The van der Waals surface area contributed by atoms with E-state index in [2.05, 4.69) is 5.32 Å². The third-order valence-electron chi connectivity index (χ3n) is 5.46. The molecule has 1 fully saturated rings. The molecule has 3 rings (SSSR count). The second kappa shape index (κ2) is 9.24. The molecule has 1 heterocycles. The van der Waals surface area contributed by atoms with Crippen LogP contribution in [0.25, 0.3) is 0 Å². The minimum atomic E-state index is -3.94. The second-order valence-corrected chi connectivity index (χ2v) is 9.64. The number of carbonyl (C=O) groups is 1. The van der Waals surface area contributed by atoms with Crippen molar-refractivity contribution < 1.29 is 17.6 Å². The predicted molar refractivity (Wildman–Crippen MR) is 114 cm³/mol. The number of piperazine rings is 1. The number of rotatable bonds is 6. The first kappa shape index (κ1) is 22.4. The van der Waals surface area contributed by atoms with Gasteiger partial charge in [0.15, 0.2) is 0 Å². The fraction of sp³-hybridized carbons (Fsp3) is 0.409. The van der Waals surface area contributed by atoms with Crippen LogP contribution < -0.4 is 5.32 Å². The van der Waals surface area contributed by atoms with Crippen LogP contribution in [-0.2, 0) is 21.4 Å². The molecular weight excluding hydrogens is 405 g/mol. The molecule has 1 aliphatic rings. The lowest BCUT2D eigenvalue weighted by molar-refractivity contribution is -0.132. The van der Waals surface area contributed by atoms with Crippen molar-refractivity contribution >= 4 is 15.9 Å². The Labute approximate surface area is 177 Å². The maximum Gasteiger partial charge on any atom is 0.244 e. The number of sulfonamides is 1. The quantitative estimate of drug-likeness (QED) is 0.760. The van der Waals surface area contributed by atoms with Crippen molar-refractivity contribution in [3.63, 3.8) is 0 Å². The van der Waals surface area contributed by atoms with Crippen LogP contribution in [-0.4, -0.2) is 56.3 Å². The first-order valence-electron chi connectivity index (χ1n) is 9.99. The second-order valence-electron chi connectivity index (χ2n) is 7.73. The normalized spacial score (nSPS) is 14.9. The van der Waals surface area contributed by atoms with Crippen LogP contribution in [0.15, 0.2) is 41.3 Å². The van der Waals surface area contributed by atoms with E-state index in [1.165, 1.54) is 16.4 Å². The van der Waals surface area contributed by atoms with Gasteiger partial charge in [0.1, 0.15) is 5.82 Å². The Hall–Kier alpha value is -2.29. The van der Waals surface area contributed by atoms with Crippen LogP contribution in [0, 0.1) is 26.6 Å². The van der Waals surface area contributed by atoms with E-state index in [1.54, 1.807) is 30.0 Å². The molecule has 1 amide bonds. The Morgan fingerprint density at radius 2 is 1.63 bits per heavy atom. The Morgan fingerprint density at radius 3 is 2.27 bits per heavy atom. The Balaban J connectivity index is 1.95. The standard InChI is InChI=1S/C22H28FN3O3S/c1-16-12-18(3)21(13-17(16)2)30(28,29)26(14-19-4-6-20(23)7-5-19)15-22(27)25-10-8-24-9-11-25/h4-7,12-13,24H,8-11,14-15H2,1-3H3. The third kappa shape index (κ3) is 5.06. The summed E-state index contributed by atoms with van der Waals surface area (Å²) >= 11 is 0. The van der Waals surface area contributed by atoms with Gasteiger partial charge in [0.2, 0.25) is 15.9 Å². The number of halogens is 1. The molecule has 8 heteroatoms. The van der Waals surface area contributed by atoms with Crippen LogP contribution in [0.3, 0.4) is 0 Å². The zero-order valence-corrected chi connectivity index (χ0v) is 18.4. The van der Waals surface area contributed by atoms with Crippen molar-refractivity contribution in [3.05, 3.63) is 64.5 Å². The minimum Gasteiger partial charge on any atom is -0.339 e. The SMILES string of the molecule is Cc1cc(C)c(S(=O)(=O)N(CC(=O)N2CCNCC2)Cc2ccc(F)cc2)cc1C. The monoisotopic (exact) mass is 433 g/mol. The fourth-order valence-electron chi connectivity index (χ4n) is 3.54. The summed E-state index contributed by atoms with van der Waals surface area (Å²) in [6.07, 6.45) is 0. The average molecular weight is 434 g/mol. The summed E-state index contributed by atoms with van der Waals surface area (Å²) in [5.74, 6) is -0.626. The molecular formula is C22H28FN3O3S. The first-order chi connectivity index (χ1) is 14.2. The van der Waals surface area contributed by atoms with E-state index in [0.717, 1.165) is 11.1 Å². The number of aryl methyl sites for hydroxylation is 3. The number of amides is 1. The van der Waals surface area contributed by atoms with Gasteiger partial charge in [-0.15, -0.1) is 0 Å². The highest BCUT2D eigenvalue weighted by molar-refractivity contribution is 7.89. The van der Waals surface area contributed by atoms with E-state index in [0.29, 0.717) is 37.3 Å². The van der Waals surface area contributed by atoms with Crippen molar-refractivity contribution in [1.82, 2.24) is 14.5 Å². The molecule has 0 spiro atoms. The molecule has 2 aromatic rings. The summed E-state index contributed by atoms with van der Waals surface area (Å²) < 4.78 is 41.7. The molecule has 0 bridgehead atoms. The maximum absolute atomic E-state index is 13.6. The van der Waals surface area contributed by atoms with Gasteiger partial charge in [0.25, 0.3) is 0 Å². The van der Waals surface area contributed by atoms with Gasteiger partial charge in [0, 0.05) is 32.7 Å². The summed E-state index contributed by atoms with van der Waals surface area (Å²) in [6, 6.07) is 9.17. The molecule has 0 aromatic heterocycles. The number of carbonyl (C=O) groups excluding carboxylic acids is 1. The molecule has 2 aromatic carbocycles. The topological polar surface area (TPSA) is 69.7 Å². The molecule has 1 aliphatic heterocycles. The van der Waals surface area contributed by atoms with Gasteiger partial charge in [0.05, 0.1) is 11.4 Å². The van der Waals surface area contributed by atoms with Crippen LogP contribution in [0.4, 0.5) is 4.39 Å². The van der Waals surface area contributed by atoms with Crippen LogP contribution in [0.2, 0.25) is 0 Å². The van der Waals surface area contributed by atoms with E-state index < -0.39 is 15.8 Å². The van der Waals surface area contributed by atoms with Gasteiger partial charge in [-0.1, -0.05) is 18.2 Å². The minimum absolute atomic E-state index is 0.00714. The van der Waals surface area contributed by atoms with E-state index >= 15 is 0 Å². The third-order valence-corrected chi connectivity index (χ3v) is 7.40. The van der Waals surface area contributed by atoms with Gasteiger partial charge < -0.3 is 10.2 Å². The van der Waals surface area contributed by atoms with E-state index in [-0.39, 0.29) is 23.9 Å². The Kier molecular flexibility index (Phi) is 6.90. The zero-order valence-electron chi connectivity index (χ0n) is 17.6. The van der Waals surface area contributed by atoms with E-state index in [4.69, 9.17) is 0 Å². The Morgan fingerprint density at radius 1 is 1.03 bits per heavy atom. The maximum atomic E-state index is 13.6. The molecule has 0 aliphatic carbocycles. The van der Waals surface area contributed by atoms with Crippen LogP contribution in [0.1, 0.15) is 22.3 Å². The van der Waals surface area contributed by atoms with E-state index in [1.807, 2.05) is 19.9 Å². The first-order valence-corrected chi connectivity index (χ1v) is 11.4.